The van der Waals surface area contributed by atoms with Crippen LogP contribution in [0.1, 0.15) is 36.9 Å². The van der Waals surface area contributed by atoms with Gasteiger partial charge in [-0.1, -0.05) is 6.92 Å². The van der Waals surface area contributed by atoms with Gasteiger partial charge in [-0.05, 0) is 26.8 Å². The highest BCUT2D eigenvalue weighted by Crippen LogP contribution is 2.31. The first-order chi connectivity index (χ1) is 8.22. The molecule has 0 aromatic carbocycles. The zero-order valence-corrected chi connectivity index (χ0v) is 12.0. The van der Waals surface area contributed by atoms with Gasteiger partial charge in [0.05, 0.1) is 11.2 Å². The van der Waals surface area contributed by atoms with Crippen LogP contribution < -0.4 is 5.32 Å². The molecule has 2 rings (SSSR count). The van der Waals surface area contributed by atoms with Gasteiger partial charge in [0.25, 0.3) is 0 Å². The molecule has 2 aromatic heterocycles. The highest BCUT2D eigenvalue weighted by atomic mass is 32.1. The minimum absolute atomic E-state index is 0.375. The van der Waals surface area contributed by atoms with Gasteiger partial charge in [0.2, 0.25) is 0 Å². The molecule has 2 heterocycles. The number of nitrogens with one attached hydrogen (secondary N) is 1. The Hall–Kier alpha value is -0.780. The maximum absolute atomic E-state index is 4.60. The van der Waals surface area contributed by atoms with Crippen molar-refractivity contribution < 1.29 is 0 Å². The molecule has 0 spiro atoms. The summed E-state index contributed by atoms with van der Waals surface area (Å²) < 4.78 is 0. The Balaban J connectivity index is 2.19. The SMILES string of the molecule is CCCNC(C)c1sc(-c2cscn2)nc1C. The van der Waals surface area contributed by atoms with Crippen LogP contribution in [0, 0.1) is 6.92 Å². The van der Waals surface area contributed by atoms with Crippen molar-refractivity contribution in [3.05, 3.63) is 21.5 Å². The zero-order chi connectivity index (χ0) is 12.3. The zero-order valence-electron chi connectivity index (χ0n) is 10.4. The fraction of sp³-hybridized carbons (Fsp3) is 0.500. The average Bonchev–Trinajstić information content (AvgIpc) is 2.94. The van der Waals surface area contributed by atoms with Crippen molar-refractivity contribution in [1.82, 2.24) is 15.3 Å². The van der Waals surface area contributed by atoms with Crippen molar-refractivity contribution in [2.75, 3.05) is 6.54 Å². The fourth-order valence-electron chi connectivity index (χ4n) is 1.69. The molecule has 5 heteroatoms. The predicted molar refractivity (Wildman–Crippen MR) is 74.7 cm³/mol. The molecular weight excluding hydrogens is 250 g/mol. The van der Waals surface area contributed by atoms with E-state index in [4.69, 9.17) is 0 Å². The highest BCUT2D eigenvalue weighted by Gasteiger charge is 2.15. The van der Waals surface area contributed by atoms with Crippen molar-refractivity contribution in [3.63, 3.8) is 0 Å². The van der Waals surface area contributed by atoms with E-state index < -0.39 is 0 Å². The van der Waals surface area contributed by atoms with Gasteiger partial charge in [-0.25, -0.2) is 9.97 Å². The Morgan fingerprint density at radius 2 is 2.29 bits per heavy atom. The van der Waals surface area contributed by atoms with Gasteiger partial charge in [0.1, 0.15) is 10.7 Å². The van der Waals surface area contributed by atoms with Crippen LogP contribution >= 0.6 is 22.7 Å². The van der Waals surface area contributed by atoms with Crippen LogP contribution in [0.4, 0.5) is 0 Å². The van der Waals surface area contributed by atoms with Gasteiger partial charge in [-0.2, -0.15) is 0 Å². The number of hydrogen-bond acceptors (Lipinski definition) is 5. The summed E-state index contributed by atoms with van der Waals surface area (Å²) in [5.74, 6) is 0. The van der Waals surface area contributed by atoms with Crippen LogP contribution in [0.2, 0.25) is 0 Å². The van der Waals surface area contributed by atoms with Gasteiger partial charge in [-0.3, -0.25) is 0 Å². The number of aromatic nitrogens is 2. The van der Waals surface area contributed by atoms with Crippen LogP contribution in [-0.2, 0) is 0 Å². The Kier molecular flexibility index (Phi) is 4.25. The van der Waals surface area contributed by atoms with Gasteiger partial charge >= 0.3 is 0 Å². The van der Waals surface area contributed by atoms with Crippen LogP contribution in [0.5, 0.6) is 0 Å². The Bertz CT molecular complexity index is 462. The lowest BCUT2D eigenvalue weighted by Gasteiger charge is -2.11. The summed E-state index contributed by atoms with van der Waals surface area (Å²) in [5, 5.41) is 6.58. The average molecular weight is 267 g/mol. The predicted octanol–water partition coefficient (Wildman–Crippen LogP) is 3.64. The van der Waals surface area contributed by atoms with Gasteiger partial charge < -0.3 is 5.32 Å². The largest absolute Gasteiger partial charge is 0.309 e. The maximum Gasteiger partial charge on any atom is 0.143 e. The summed E-state index contributed by atoms with van der Waals surface area (Å²) in [7, 11) is 0. The molecule has 0 bridgehead atoms. The van der Waals surface area contributed by atoms with Crippen molar-refractivity contribution in [1.29, 1.82) is 0 Å². The topological polar surface area (TPSA) is 37.8 Å². The van der Waals surface area contributed by atoms with E-state index in [1.807, 2.05) is 10.9 Å². The number of aryl methyl sites for hydroxylation is 1. The first-order valence-electron chi connectivity index (χ1n) is 5.81. The monoisotopic (exact) mass is 267 g/mol. The third-order valence-electron chi connectivity index (χ3n) is 2.58. The van der Waals surface area contributed by atoms with E-state index >= 15 is 0 Å². The summed E-state index contributed by atoms with van der Waals surface area (Å²) >= 11 is 3.36. The normalized spacial score (nSPS) is 12.9. The van der Waals surface area contributed by atoms with E-state index in [0.29, 0.717) is 6.04 Å². The molecule has 2 aromatic rings. The Morgan fingerprint density at radius 1 is 1.47 bits per heavy atom. The second kappa shape index (κ2) is 5.71. The Labute approximate surface area is 110 Å². The third kappa shape index (κ3) is 2.91. The minimum atomic E-state index is 0.375. The molecule has 1 unspecified atom stereocenters. The van der Waals surface area contributed by atoms with E-state index in [1.54, 1.807) is 22.7 Å². The Morgan fingerprint density at radius 3 is 2.94 bits per heavy atom. The molecule has 0 aliphatic heterocycles. The van der Waals surface area contributed by atoms with E-state index in [1.165, 1.54) is 4.88 Å². The molecule has 3 nitrogen and oxygen atoms in total. The standard InChI is InChI=1S/C12H17N3S2/c1-4-5-13-8(2)11-9(3)15-12(17-11)10-6-16-7-14-10/h6-8,13H,4-5H2,1-3H3. The van der Waals surface area contributed by atoms with Crippen LogP contribution in [0.25, 0.3) is 10.7 Å². The van der Waals surface area contributed by atoms with Crippen molar-refractivity contribution >= 4 is 22.7 Å². The third-order valence-corrected chi connectivity index (χ3v) is 4.53. The smallest absolute Gasteiger partial charge is 0.143 e. The lowest BCUT2D eigenvalue weighted by Crippen LogP contribution is -2.18. The van der Waals surface area contributed by atoms with Crippen LogP contribution in [-0.4, -0.2) is 16.5 Å². The number of hydrogen-bond donors (Lipinski definition) is 1. The van der Waals surface area contributed by atoms with Gasteiger partial charge in [0.15, 0.2) is 0 Å². The molecular formula is C12H17N3S2. The van der Waals surface area contributed by atoms with Crippen molar-refractivity contribution in [2.45, 2.75) is 33.2 Å². The maximum atomic E-state index is 4.60. The van der Waals surface area contributed by atoms with E-state index in [9.17, 15) is 0 Å². The molecule has 0 amide bonds. The molecule has 0 radical (unpaired) electrons. The van der Waals surface area contributed by atoms with Gasteiger partial charge in [0, 0.05) is 16.3 Å². The highest BCUT2D eigenvalue weighted by molar-refractivity contribution is 7.15. The van der Waals surface area contributed by atoms with E-state index in [0.717, 1.165) is 29.4 Å². The summed E-state index contributed by atoms with van der Waals surface area (Å²) in [5.41, 5.74) is 3.97. The number of thiazole rings is 2. The second-order valence-corrected chi connectivity index (χ2v) is 5.77. The minimum Gasteiger partial charge on any atom is -0.309 e. The fourth-order valence-corrected chi connectivity index (χ4v) is 3.36. The quantitative estimate of drug-likeness (QED) is 0.899. The molecule has 0 aliphatic carbocycles. The molecule has 1 atom stereocenters. The number of rotatable bonds is 5. The molecule has 0 aliphatic rings. The first kappa shape index (κ1) is 12.7. The van der Waals surface area contributed by atoms with E-state index in [-0.39, 0.29) is 0 Å². The van der Waals surface area contributed by atoms with Crippen LogP contribution in [0.3, 0.4) is 0 Å². The molecule has 17 heavy (non-hydrogen) atoms. The van der Waals surface area contributed by atoms with Crippen LogP contribution in [0.15, 0.2) is 10.9 Å². The molecule has 0 saturated carbocycles. The van der Waals surface area contributed by atoms with Crippen molar-refractivity contribution in [3.8, 4) is 10.7 Å². The summed E-state index contributed by atoms with van der Waals surface area (Å²) in [6.45, 7) is 7.50. The lowest BCUT2D eigenvalue weighted by molar-refractivity contribution is 0.575. The molecule has 0 saturated heterocycles. The second-order valence-electron chi connectivity index (χ2n) is 4.02. The summed E-state index contributed by atoms with van der Waals surface area (Å²) in [6, 6.07) is 0.375. The van der Waals surface area contributed by atoms with Gasteiger partial charge in [-0.15, -0.1) is 22.7 Å². The number of nitrogens with zero attached hydrogens (tertiary/aromatic N) is 2. The first-order valence-corrected chi connectivity index (χ1v) is 7.57. The molecule has 92 valence electrons. The summed E-state index contributed by atoms with van der Waals surface area (Å²) in [6.07, 6.45) is 1.15. The van der Waals surface area contributed by atoms with E-state index in [2.05, 4.69) is 36.1 Å². The van der Waals surface area contributed by atoms with Crippen molar-refractivity contribution in [2.24, 2.45) is 0 Å². The molecule has 0 fully saturated rings. The molecule has 1 N–H and O–H groups in total. The lowest BCUT2D eigenvalue weighted by atomic mass is 10.2. The summed E-state index contributed by atoms with van der Waals surface area (Å²) in [4.78, 5) is 10.2.